The van der Waals surface area contributed by atoms with Crippen LogP contribution < -0.4 is 5.32 Å². The van der Waals surface area contributed by atoms with Crippen LogP contribution in [0.4, 0.5) is 0 Å². The Morgan fingerprint density at radius 2 is 2.11 bits per heavy atom. The molecule has 0 fully saturated rings. The molecule has 0 bridgehead atoms. The van der Waals surface area contributed by atoms with E-state index in [9.17, 15) is 0 Å². The molecular formula is C14H20N4. The summed E-state index contributed by atoms with van der Waals surface area (Å²) in [5.41, 5.74) is 2.33. The van der Waals surface area contributed by atoms with Crippen LogP contribution in [0.25, 0.3) is 5.69 Å². The van der Waals surface area contributed by atoms with Crippen molar-refractivity contribution in [2.45, 2.75) is 33.7 Å². The number of hydrogen-bond acceptors (Lipinski definition) is 3. The lowest BCUT2D eigenvalue weighted by molar-refractivity contribution is 0.597. The van der Waals surface area contributed by atoms with E-state index in [1.165, 1.54) is 5.56 Å². The third-order valence-corrected chi connectivity index (χ3v) is 3.00. The van der Waals surface area contributed by atoms with E-state index >= 15 is 0 Å². The first kappa shape index (κ1) is 12.8. The fraction of sp³-hybridized carbons (Fsp3) is 0.429. The van der Waals surface area contributed by atoms with Crippen molar-refractivity contribution in [1.29, 1.82) is 0 Å². The average molecular weight is 244 g/mol. The van der Waals surface area contributed by atoms with Gasteiger partial charge in [0.25, 0.3) is 0 Å². The van der Waals surface area contributed by atoms with Gasteiger partial charge in [0.15, 0.2) is 0 Å². The smallest absolute Gasteiger partial charge is 0.148 e. The first-order chi connectivity index (χ1) is 8.61. The van der Waals surface area contributed by atoms with Crippen molar-refractivity contribution in [1.82, 2.24) is 20.1 Å². The van der Waals surface area contributed by atoms with Gasteiger partial charge in [-0.3, -0.25) is 0 Å². The predicted molar refractivity (Wildman–Crippen MR) is 72.9 cm³/mol. The number of benzene rings is 1. The van der Waals surface area contributed by atoms with E-state index in [-0.39, 0.29) is 0 Å². The van der Waals surface area contributed by atoms with Gasteiger partial charge in [-0.25, -0.2) is 9.67 Å². The van der Waals surface area contributed by atoms with Crippen molar-refractivity contribution in [2.24, 2.45) is 0 Å². The molecule has 18 heavy (non-hydrogen) atoms. The number of rotatable bonds is 4. The van der Waals surface area contributed by atoms with Gasteiger partial charge >= 0.3 is 0 Å². The number of nitrogens with one attached hydrogen (secondary N) is 1. The van der Waals surface area contributed by atoms with Gasteiger partial charge in [-0.05, 0) is 45.0 Å². The summed E-state index contributed by atoms with van der Waals surface area (Å²) in [6, 6.07) is 8.77. The maximum absolute atomic E-state index is 4.41. The Bertz CT molecular complexity index is 530. The molecule has 0 aliphatic carbocycles. The van der Waals surface area contributed by atoms with E-state index < -0.39 is 0 Å². The normalized spacial score (nSPS) is 12.7. The molecule has 1 unspecified atom stereocenters. The van der Waals surface area contributed by atoms with Crippen molar-refractivity contribution in [2.75, 3.05) is 6.54 Å². The molecule has 4 nitrogen and oxygen atoms in total. The van der Waals surface area contributed by atoms with Crippen LogP contribution in [-0.2, 0) is 0 Å². The number of hydrogen-bond donors (Lipinski definition) is 1. The molecule has 4 heteroatoms. The molecule has 1 atom stereocenters. The summed E-state index contributed by atoms with van der Waals surface area (Å²) in [4.78, 5) is 4.33. The second-order valence-electron chi connectivity index (χ2n) is 4.49. The number of aromatic nitrogens is 3. The molecule has 2 rings (SSSR count). The molecule has 0 radical (unpaired) electrons. The Balaban J connectivity index is 2.35. The molecule has 1 heterocycles. The molecular weight excluding hydrogens is 224 g/mol. The summed E-state index contributed by atoms with van der Waals surface area (Å²) >= 11 is 0. The minimum Gasteiger partial charge on any atom is -0.310 e. The van der Waals surface area contributed by atoms with E-state index in [4.69, 9.17) is 0 Å². The van der Waals surface area contributed by atoms with Gasteiger partial charge in [0.1, 0.15) is 11.6 Å². The predicted octanol–water partition coefficient (Wildman–Crippen LogP) is 2.55. The van der Waals surface area contributed by atoms with Crippen LogP contribution in [0.5, 0.6) is 0 Å². The number of nitrogens with zero attached hydrogens (tertiary/aromatic N) is 3. The lowest BCUT2D eigenvalue weighted by Crippen LogP contribution is -2.17. The maximum Gasteiger partial charge on any atom is 0.148 e. The van der Waals surface area contributed by atoms with Crippen LogP contribution in [-0.4, -0.2) is 21.3 Å². The van der Waals surface area contributed by atoms with Crippen LogP contribution >= 0.6 is 0 Å². The molecule has 0 amide bonds. The maximum atomic E-state index is 4.41. The second-order valence-corrected chi connectivity index (χ2v) is 4.49. The zero-order valence-electron chi connectivity index (χ0n) is 11.4. The Hall–Kier alpha value is -1.68. The van der Waals surface area contributed by atoms with Gasteiger partial charge in [0, 0.05) is 6.04 Å². The molecule has 1 aromatic heterocycles. The third kappa shape index (κ3) is 2.59. The standard InChI is InChI=1S/C14H20N4/c1-5-15-10(2)13-7-6-8-14(9-13)18-12(4)16-11(3)17-18/h6-10,15H,5H2,1-4H3. The van der Waals surface area contributed by atoms with Crippen molar-refractivity contribution < 1.29 is 0 Å². The molecule has 0 saturated heterocycles. The summed E-state index contributed by atoms with van der Waals surface area (Å²) in [6.45, 7) is 9.13. The van der Waals surface area contributed by atoms with E-state index in [2.05, 4.69) is 53.5 Å². The highest BCUT2D eigenvalue weighted by molar-refractivity contribution is 5.37. The highest BCUT2D eigenvalue weighted by Crippen LogP contribution is 2.17. The van der Waals surface area contributed by atoms with Gasteiger partial charge in [-0.1, -0.05) is 19.1 Å². The highest BCUT2D eigenvalue weighted by atomic mass is 15.3. The van der Waals surface area contributed by atoms with Crippen LogP contribution in [0.1, 0.15) is 37.1 Å². The van der Waals surface area contributed by atoms with Gasteiger partial charge in [-0.15, -0.1) is 0 Å². The van der Waals surface area contributed by atoms with Gasteiger partial charge in [0.2, 0.25) is 0 Å². The summed E-state index contributed by atoms with van der Waals surface area (Å²) in [5.74, 6) is 1.72. The lowest BCUT2D eigenvalue weighted by Gasteiger charge is -2.14. The Kier molecular flexibility index (Phi) is 3.77. The fourth-order valence-electron chi connectivity index (χ4n) is 2.12. The number of aryl methyl sites for hydroxylation is 2. The lowest BCUT2D eigenvalue weighted by atomic mass is 10.1. The van der Waals surface area contributed by atoms with Gasteiger partial charge in [-0.2, -0.15) is 5.10 Å². The molecule has 2 aromatic rings. The Morgan fingerprint density at radius 3 is 2.72 bits per heavy atom. The largest absolute Gasteiger partial charge is 0.310 e. The SMILES string of the molecule is CCNC(C)c1cccc(-n2nc(C)nc2C)c1. The molecule has 96 valence electrons. The third-order valence-electron chi connectivity index (χ3n) is 3.00. The topological polar surface area (TPSA) is 42.7 Å². The fourth-order valence-corrected chi connectivity index (χ4v) is 2.12. The summed E-state index contributed by atoms with van der Waals surface area (Å²) in [6.07, 6.45) is 0. The monoisotopic (exact) mass is 244 g/mol. The zero-order chi connectivity index (χ0) is 13.1. The highest BCUT2D eigenvalue weighted by Gasteiger charge is 2.08. The van der Waals surface area contributed by atoms with Crippen molar-refractivity contribution in [3.05, 3.63) is 41.5 Å². The molecule has 0 saturated carbocycles. The first-order valence-electron chi connectivity index (χ1n) is 6.35. The molecule has 0 aliphatic heterocycles. The molecule has 1 N–H and O–H groups in total. The summed E-state index contributed by atoms with van der Waals surface area (Å²) in [5, 5.41) is 7.83. The first-order valence-corrected chi connectivity index (χ1v) is 6.35. The van der Waals surface area contributed by atoms with Crippen LogP contribution in [0, 0.1) is 13.8 Å². The molecule has 0 aliphatic rings. The van der Waals surface area contributed by atoms with Gasteiger partial charge in [0.05, 0.1) is 5.69 Å². The Morgan fingerprint density at radius 1 is 1.33 bits per heavy atom. The van der Waals surface area contributed by atoms with E-state index in [0.29, 0.717) is 6.04 Å². The van der Waals surface area contributed by atoms with Gasteiger partial charge < -0.3 is 5.32 Å². The van der Waals surface area contributed by atoms with Crippen LogP contribution in [0.3, 0.4) is 0 Å². The van der Waals surface area contributed by atoms with Crippen molar-refractivity contribution >= 4 is 0 Å². The van der Waals surface area contributed by atoms with E-state index in [1.807, 2.05) is 18.5 Å². The average Bonchev–Trinajstić information content (AvgIpc) is 2.69. The molecule has 1 aromatic carbocycles. The van der Waals surface area contributed by atoms with Crippen LogP contribution in [0.15, 0.2) is 24.3 Å². The van der Waals surface area contributed by atoms with Crippen molar-refractivity contribution in [3.8, 4) is 5.69 Å². The van der Waals surface area contributed by atoms with E-state index in [0.717, 1.165) is 23.9 Å². The molecule has 0 spiro atoms. The summed E-state index contributed by atoms with van der Waals surface area (Å²) < 4.78 is 1.89. The summed E-state index contributed by atoms with van der Waals surface area (Å²) in [7, 11) is 0. The second kappa shape index (κ2) is 5.31. The quantitative estimate of drug-likeness (QED) is 0.898. The minimum atomic E-state index is 0.347. The minimum absolute atomic E-state index is 0.347. The van der Waals surface area contributed by atoms with Crippen molar-refractivity contribution in [3.63, 3.8) is 0 Å². The Labute approximate surface area is 108 Å². The van der Waals surface area contributed by atoms with Crippen LogP contribution in [0.2, 0.25) is 0 Å². The zero-order valence-corrected chi connectivity index (χ0v) is 11.4. The van der Waals surface area contributed by atoms with E-state index in [1.54, 1.807) is 0 Å².